The van der Waals surface area contributed by atoms with E-state index >= 15 is 0 Å². The predicted molar refractivity (Wildman–Crippen MR) is 100 cm³/mol. The molecule has 4 heteroatoms. The lowest BCUT2D eigenvalue weighted by Crippen LogP contribution is -2.30. The molecule has 0 bridgehead atoms. The molecule has 0 amide bonds. The fourth-order valence-corrected chi connectivity index (χ4v) is 3.43. The molecule has 1 aliphatic rings. The second-order valence-corrected chi connectivity index (χ2v) is 6.63. The molecule has 128 valence electrons. The Hall–Kier alpha value is -1.91. The summed E-state index contributed by atoms with van der Waals surface area (Å²) in [6.07, 6.45) is 6.02. The van der Waals surface area contributed by atoms with Crippen LogP contribution in [0.1, 0.15) is 23.1 Å². The summed E-state index contributed by atoms with van der Waals surface area (Å²) in [5, 5.41) is 0. The summed E-state index contributed by atoms with van der Waals surface area (Å²) < 4.78 is 0. The highest BCUT2D eigenvalue weighted by atomic mass is 15.2. The standard InChI is InChI=1S/C20H28N4/c1-17-15-22-10-8-20(17)24-12-2-11-23(13-14-24)16-19-5-3-18(4-6-19)7-9-21/h3-6,8,10,15H,2,7,9,11-14,16,21H2,1H3. The van der Waals surface area contributed by atoms with Crippen LogP contribution in [0.2, 0.25) is 0 Å². The average molecular weight is 324 g/mol. The van der Waals surface area contributed by atoms with Crippen LogP contribution in [-0.2, 0) is 13.0 Å². The van der Waals surface area contributed by atoms with E-state index in [2.05, 4.69) is 52.0 Å². The highest BCUT2D eigenvalue weighted by Gasteiger charge is 2.16. The van der Waals surface area contributed by atoms with Crippen molar-refractivity contribution in [1.29, 1.82) is 0 Å². The number of rotatable bonds is 5. The molecule has 4 nitrogen and oxygen atoms in total. The third-order valence-corrected chi connectivity index (χ3v) is 4.78. The van der Waals surface area contributed by atoms with E-state index in [9.17, 15) is 0 Å². The van der Waals surface area contributed by atoms with Gasteiger partial charge < -0.3 is 10.6 Å². The van der Waals surface area contributed by atoms with E-state index in [1.807, 2.05) is 12.4 Å². The number of hydrogen-bond acceptors (Lipinski definition) is 4. The summed E-state index contributed by atoms with van der Waals surface area (Å²) in [6, 6.07) is 11.1. The zero-order valence-corrected chi connectivity index (χ0v) is 14.6. The molecule has 0 atom stereocenters. The summed E-state index contributed by atoms with van der Waals surface area (Å²) in [7, 11) is 0. The van der Waals surface area contributed by atoms with Crippen molar-refractivity contribution in [2.45, 2.75) is 26.3 Å². The zero-order chi connectivity index (χ0) is 16.8. The molecule has 2 aromatic rings. The largest absolute Gasteiger partial charge is 0.370 e. The number of nitrogens with two attached hydrogens (primary N) is 1. The summed E-state index contributed by atoms with van der Waals surface area (Å²) in [6.45, 7) is 8.36. The van der Waals surface area contributed by atoms with Gasteiger partial charge in [0.2, 0.25) is 0 Å². The fourth-order valence-electron chi connectivity index (χ4n) is 3.43. The van der Waals surface area contributed by atoms with E-state index in [-0.39, 0.29) is 0 Å². The smallest absolute Gasteiger partial charge is 0.0427 e. The van der Waals surface area contributed by atoms with Gasteiger partial charge in [-0.05, 0) is 49.1 Å². The molecular formula is C20H28N4. The van der Waals surface area contributed by atoms with Crippen molar-refractivity contribution in [2.24, 2.45) is 5.73 Å². The van der Waals surface area contributed by atoms with Gasteiger partial charge >= 0.3 is 0 Å². The van der Waals surface area contributed by atoms with Crippen LogP contribution in [-0.4, -0.2) is 42.6 Å². The minimum Gasteiger partial charge on any atom is -0.370 e. The quantitative estimate of drug-likeness (QED) is 0.918. The van der Waals surface area contributed by atoms with Crippen LogP contribution in [0.25, 0.3) is 0 Å². The van der Waals surface area contributed by atoms with Crippen molar-refractivity contribution in [3.8, 4) is 0 Å². The Kier molecular flexibility index (Phi) is 5.83. The summed E-state index contributed by atoms with van der Waals surface area (Å²) in [5.74, 6) is 0. The molecule has 3 rings (SSSR count). The first-order chi connectivity index (χ1) is 11.8. The zero-order valence-electron chi connectivity index (χ0n) is 14.6. The number of aromatic nitrogens is 1. The highest BCUT2D eigenvalue weighted by molar-refractivity contribution is 5.51. The topological polar surface area (TPSA) is 45.4 Å². The molecular weight excluding hydrogens is 296 g/mol. The first kappa shape index (κ1) is 16.9. The molecule has 2 heterocycles. The lowest BCUT2D eigenvalue weighted by atomic mass is 10.1. The van der Waals surface area contributed by atoms with Crippen molar-refractivity contribution in [2.75, 3.05) is 37.6 Å². The maximum absolute atomic E-state index is 5.62. The van der Waals surface area contributed by atoms with E-state index in [0.717, 1.165) is 45.7 Å². The summed E-state index contributed by atoms with van der Waals surface area (Å²) >= 11 is 0. The predicted octanol–water partition coefficient (Wildman–Crippen LogP) is 2.60. The number of anilines is 1. The second-order valence-electron chi connectivity index (χ2n) is 6.63. The van der Waals surface area contributed by atoms with Crippen LogP contribution in [0.15, 0.2) is 42.7 Å². The van der Waals surface area contributed by atoms with Crippen LogP contribution in [0.4, 0.5) is 5.69 Å². The number of hydrogen-bond donors (Lipinski definition) is 1. The first-order valence-electron chi connectivity index (χ1n) is 8.92. The van der Waals surface area contributed by atoms with Crippen LogP contribution < -0.4 is 10.6 Å². The molecule has 0 unspecified atom stereocenters. The fraction of sp³-hybridized carbons (Fsp3) is 0.450. The van der Waals surface area contributed by atoms with Crippen LogP contribution >= 0.6 is 0 Å². The lowest BCUT2D eigenvalue weighted by molar-refractivity contribution is 0.285. The Balaban J connectivity index is 1.58. The Morgan fingerprint density at radius 1 is 1.00 bits per heavy atom. The van der Waals surface area contributed by atoms with E-state index in [0.29, 0.717) is 0 Å². The lowest BCUT2D eigenvalue weighted by Gasteiger charge is -2.25. The van der Waals surface area contributed by atoms with Crippen LogP contribution in [0, 0.1) is 6.92 Å². The number of nitrogens with zero attached hydrogens (tertiary/aromatic N) is 3. The Morgan fingerprint density at radius 2 is 1.79 bits per heavy atom. The third kappa shape index (κ3) is 4.34. The molecule has 0 saturated carbocycles. The minimum absolute atomic E-state index is 0.718. The normalized spacial score (nSPS) is 16.2. The SMILES string of the molecule is Cc1cnccc1N1CCCN(Cc2ccc(CCN)cc2)CC1. The van der Waals surface area contributed by atoms with Gasteiger partial charge in [-0.3, -0.25) is 9.88 Å². The maximum Gasteiger partial charge on any atom is 0.0427 e. The van der Waals surface area contributed by atoms with Crippen molar-refractivity contribution in [3.05, 3.63) is 59.4 Å². The van der Waals surface area contributed by atoms with Crippen molar-refractivity contribution in [3.63, 3.8) is 0 Å². The Labute approximate surface area is 145 Å². The summed E-state index contributed by atoms with van der Waals surface area (Å²) in [4.78, 5) is 9.27. The van der Waals surface area contributed by atoms with E-state index < -0.39 is 0 Å². The van der Waals surface area contributed by atoms with Crippen molar-refractivity contribution < 1.29 is 0 Å². The van der Waals surface area contributed by atoms with Gasteiger partial charge in [0.25, 0.3) is 0 Å². The molecule has 1 saturated heterocycles. The summed E-state index contributed by atoms with van der Waals surface area (Å²) in [5.41, 5.74) is 10.9. The van der Waals surface area contributed by atoms with E-state index in [4.69, 9.17) is 5.73 Å². The molecule has 24 heavy (non-hydrogen) atoms. The van der Waals surface area contributed by atoms with Gasteiger partial charge in [0, 0.05) is 50.8 Å². The van der Waals surface area contributed by atoms with Gasteiger partial charge in [-0.2, -0.15) is 0 Å². The van der Waals surface area contributed by atoms with Crippen LogP contribution in [0.5, 0.6) is 0 Å². The molecule has 0 spiro atoms. The van der Waals surface area contributed by atoms with E-state index in [1.165, 1.54) is 28.8 Å². The maximum atomic E-state index is 5.62. The molecule has 1 aliphatic heterocycles. The molecule has 0 aliphatic carbocycles. The molecule has 1 fully saturated rings. The monoisotopic (exact) mass is 324 g/mol. The van der Waals surface area contributed by atoms with Gasteiger partial charge in [-0.1, -0.05) is 24.3 Å². The Morgan fingerprint density at radius 3 is 2.54 bits per heavy atom. The van der Waals surface area contributed by atoms with Gasteiger partial charge in [0.05, 0.1) is 0 Å². The number of pyridine rings is 1. The van der Waals surface area contributed by atoms with Crippen molar-refractivity contribution in [1.82, 2.24) is 9.88 Å². The van der Waals surface area contributed by atoms with Gasteiger partial charge in [-0.15, -0.1) is 0 Å². The Bertz CT molecular complexity index is 638. The van der Waals surface area contributed by atoms with Gasteiger partial charge in [0.1, 0.15) is 0 Å². The second kappa shape index (κ2) is 8.27. The van der Waals surface area contributed by atoms with Gasteiger partial charge in [-0.25, -0.2) is 0 Å². The van der Waals surface area contributed by atoms with Gasteiger partial charge in [0.15, 0.2) is 0 Å². The van der Waals surface area contributed by atoms with Crippen LogP contribution in [0.3, 0.4) is 0 Å². The minimum atomic E-state index is 0.718. The molecule has 0 radical (unpaired) electrons. The highest BCUT2D eigenvalue weighted by Crippen LogP contribution is 2.20. The first-order valence-corrected chi connectivity index (χ1v) is 8.92. The molecule has 1 aromatic heterocycles. The number of aryl methyl sites for hydroxylation is 1. The molecule has 2 N–H and O–H groups in total. The van der Waals surface area contributed by atoms with Crippen molar-refractivity contribution >= 4 is 5.69 Å². The third-order valence-electron chi connectivity index (χ3n) is 4.78. The molecule has 1 aromatic carbocycles. The number of benzene rings is 1. The van der Waals surface area contributed by atoms with E-state index in [1.54, 1.807) is 0 Å². The average Bonchev–Trinajstić information content (AvgIpc) is 2.83.